The molecule has 0 aliphatic carbocycles. The van der Waals surface area contributed by atoms with E-state index in [9.17, 15) is 13.2 Å². The number of nitrogens with one attached hydrogen (secondary N) is 1. The molecule has 0 saturated heterocycles. The summed E-state index contributed by atoms with van der Waals surface area (Å²) in [7, 11) is -3.92. The molecule has 0 aromatic heterocycles. The summed E-state index contributed by atoms with van der Waals surface area (Å²) in [6, 6.07) is 19.4. The summed E-state index contributed by atoms with van der Waals surface area (Å²) in [6.45, 7) is 7.38. The Morgan fingerprint density at radius 3 is 2.17 bits per heavy atom. The molecule has 3 aromatic carbocycles. The molecule has 1 amide bonds. The van der Waals surface area contributed by atoms with Gasteiger partial charge in [-0.25, -0.2) is 8.42 Å². The summed E-state index contributed by atoms with van der Waals surface area (Å²) >= 11 is 0. The minimum absolute atomic E-state index is 0.148. The van der Waals surface area contributed by atoms with Crippen LogP contribution in [0.5, 0.6) is 0 Å². The monoisotopic (exact) mass is 422 g/mol. The molecule has 30 heavy (non-hydrogen) atoms. The van der Waals surface area contributed by atoms with Crippen LogP contribution in [0.15, 0.2) is 71.6 Å². The Morgan fingerprint density at radius 1 is 0.833 bits per heavy atom. The van der Waals surface area contributed by atoms with E-state index in [-0.39, 0.29) is 11.4 Å². The van der Waals surface area contributed by atoms with Crippen molar-refractivity contribution >= 4 is 27.3 Å². The van der Waals surface area contributed by atoms with Crippen LogP contribution in [0, 0.1) is 27.7 Å². The lowest BCUT2D eigenvalue weighted by Crippen LogP contribution is -2.38. The van der Waals surface area contributed by atoms with Crippen molar-refractivity contribution in [2.24, 2.45) is 0 Å². The van der Waals surface area contributed by atoms with Crippen molar-refractivity contribution in [1.82, 2.24) is 0 Å². The molecule has 1 N–H and O–H groups in total. The van der Waals surface area contributed by atoms with E-state index in [2.05, 4.69) is 5.32 Å². The molecule has 0 unspecified atom stereocenters. The molecule has 156 valence electrons. The first-order valence-corrected chi connectivity index (χ1v) is 11.1. The highest BCUT2D eigenvalue weighted by Crippen LogP contribution is 2.26. The van der Waals surface area contributed by atoms with Crippen molar-refractivity contribution in [3.05, 3.63) is 89.0 Å². The van der Waals surface area contributed by atoms with Crippen LogP contribution in [0.3, 0.4) is 0 Å². The molecule has 0 aliphatic heterocycles. The number of nitrogens with zero attached hydrogens (tertiary/aromatic N) is 1. The lowest BCUT2D eigenvalue weighted by molar-refractivity contribution is -0.114. The van der Waals surface area contributed by atoms with Gasteiger partial charge in [0.2, 0.25) is 5.91 Å². The van der Waals surface area contributed by atoms with Crippen molar-refractivity contribution in [2.45, 2.75) is 32.6 Å². The van der Waals surface area contributed by atoms with E-state index in [1.54, 1.807) is 42.5 Å². The van der Waals surface area contributed by atoms with E-state index in [1.807, 2.05) is 52.0 Å². The van der Waals surface area contributed by atoms with E-state index in [1.165, 1.54) is 0 Å². The van der Waals surface area contributed by atoms with E-state index < -0.39 is 15.9 Å². The van der Waals surface area contributed by atoms with Crippen LogP contribution in [-0.4, -0.2) is 20.9 Å². The molecule has 0 aliphatic rings. The lowest BCUT2D eigenvalue weighted by Gasteiger charge is -2.25. The van der Waals surface area contributed by atoms with Gasteiger partial charge in [-0.05, 0) is 80.8 Å². The molecular weight excluding hydrogens is 396 g/mol. The summed E-state index contributed by atoms with van der Waals surface area (Å²) in [5.74, 6) is -0.408. The molecule has 0 saturated carbocycles. The summed E-state index contributed by atoms with van der Waals surface area (Å²) in [5, 5.41) is 2.80. The highest BCUT2D eigenvalue weighted by Gasteiger charge is 2.27. The van der Waals surface area contributed by atoms with Gasteiger partial charge in [-0.3, -0.25) is 9.10 Å². The third-order valence-electron chi connectivity index (χ3n) is 4.98. The predicted octanol–water partition coefficient (Wildman–Crippen LogP) is 4.75. The summed E-state index contributed by atoms with van der Waals surface area (Å²) in [4.78, 5) is 12.9. The van der Waals surface area contributed by atoms with Crippen LogP contribution in [0.4, 0.5) is 11.4 Å². The molecule has 3 rings (SSSR count). The molecule has 0 atom stereocenters. The van der Waals surface area contributed by atoms with Crippen molar-refractivity contribution in [3.8, 4) is 0 Å². The third-order valence-corrected chi connectivity index (χ3v) is 6.76. The minimum Gasteiger partial charge on any atom is -0.325 e. The molecule has 3 aromatic rings. The van der Waals surface area contributed by atoms with Gasteiger partial charge in [0.15, 0.2) is 0 Å². The third kappa shape index (κ3) is 4.89. The molecule has 0 bridgehead atoms. The second-order valence-corrected chi connectivity index (χ2v) is 9.37. The van der Waals surface area contributed by atoms with Gasteiger partial charge in [0.1, 0.15) is 6.54 Å². The number of aryl methyl sites for hydroxylation is 4. The van der Waals surface area contributed by atoms with Gasteiger partial charge < -0.3 is 5.32 Å². The second kappa shape index (κ2) is 8.71. The van der Waals surface area contributed by atoms with Crippen LogP contribution in [0.2, 0.25) is 0 Å². The number of anilines is 2. The van der Waals surface area contributed by atoms with Gasteiger partial charge >= 0.3 is 0 Å². The van der Waals surface area contributed by atoms with Crippen LogP contribution in [-0.2, 0) is 14.8 Å². The maximum Gasteiger partial charge on any atom is 0.264 e. The molecule has 0 radical (unpaired) electrons. The zero-order valence-electron chi connectivity index (χ0n) is 17.6. The van der Waals surface area contributed by atoms with E-state index in [0.29, 0.717) is 11.4 Å². The molecular formula is C24H26N2O3S. The Hall–Kier alpha value is -3.12. The Bertz CT molecular complexity index is 1170. The number of rotatable bonds is 6. The first kappa shape index (κ1) is 21.6. The van der Waals surface area contributed by atoms with Gasteiger partial charge in [0, 0.05) is 5.69 Å². The lowest BCUT2D eigenvalue weighted by atomic mass is 10.1. The average molecular weight is 423 g/mol. The van der Waals surface area contributed by atoms with Crippen molar-refractivity contribution in [2.75, 3.05) is 16.2 Å². The van der Waals surface area contributed by atoms with E-state index >= 15 is 0 Å². The quantitative estimate of drug-likeness (QED) is 0.623. The van der Waals surface area contributed by atoms with Crippen molar-refractivity contribution in [3.63, 3.8) is 0 Å². The zero-order valence-corrected chi connectivity index (χ0v) is 18.5. The van der Waals surface area contributed by atoms with E-state index in [4.69, 9.17) is 0 Å². The molecule has 0 heterocycles. The number of carbonyl (C=O) groups excluding carboxylic acids is 1. The number of hydrogen-bond acceptors (Lipinski definition) is 3. The van der Waals surface area contributed by atoms with Crippen molar-refractivity contribution < 1.29 is 13.2 Å². The Morgan fingerprint density at radius 2 is 1.53 bits per heavy atom. The summed E-state index contributed by atoms with van der Waals surface area (Å²) < 4.78 is 28.0. The number of sulfonamides is 1. The van der Waals surface area contributed by atoms with Crippen LogP contribution >= 0.6 is 0 Å². The van der Waals surface area contributed by atoms with Gasteiger partial charge in [-0.1, -0.05) is 35.9 Å². The second-order valence-electron chi connectivity index (χ2n) is 7.51. The Labute approximate surface area is 178 Å². The topological polar surface area (TPSA) is 66.5 Å². The molecule has 0 spiro atoms. The Balaban J connectivity index is 1.97. The average Bonchev–Trinajstić information content (AvgIpc) is 2.68. The highest BCUT2D eigenvalue weighted by molar-refractivity contribution is 7.92. The largest absolute Gasteiger partial charge is 0.325 e. The fourth-order valence-electron chi connectivity index (χ4n) is 3.09. The minimum atomic E-state index is -3.92. The standard InChI is InChI=1S/C24H26N2O3S/c1-17-8-12-23(13-9-17)30(28,29)26(22-11-10-19(3)20(4)15-22)16-24(27)25-21-7-5-6-18(2)14-21/h5-15H,16H2,1-4H3,(H,25,27). The highest BCUT2D eigenvalue weighted by atomic mass is 32.2. The maximum absolute atomic E-state index is 13.4. The van der Waals surface area contributed by atoms with Gasteiger partial charge in [0.25, 0.3) is 10.0 Å². The maximum atomic E-state index is 13.4. The van der Waals surface area contributed by atoms with Crippen LogP contribution in [0.1, 0.15) is 22.3 Å². The SMILES string of the molecule is Cc1ccc(S(=O)(=O)N(CC(=O)Nc2cccc(C)c2)c2ccc(C)c(C)c2)cc1. The number of carbonyl (C=O) groups is 1. The number of benzene rings is 3. The van der Waals surface area contributed by atoms with Crippen LogP contribution in [0.25, 0.3) is 0 Å². The fraction of sp³-hybridized carbons (Fsp3) is 0.208. The summed E-state index contributed by atoms with van der Waals surface area (Å²) in [5.41, 5.74) is 5.06. The van der Waals surface area contributed by atoms with Gasteiger partial charge in [-0.2, -0.15) is 0 Å². The molecule has 5 nitrogen and oxygen atoms in total. The van der Waals surface area contributed by atoms with Gasteiger partial charge in [-0.15, -0.1) is 0 Å². The number of hydrogen-bond donors (Lipinski definition) is 1. The first-order valence-electron chi connectivity index (χ1n) is 9.70. The first-order chi connectivity index (χ1) is 14.2. The van der Waals surface area contributed by atoms with Crippen molar-refractivity contribution in [1.29, 1.82) is 0 Å². The van der Waals surface area contributed by atoms with Crippen LogP contribution < -0.4 is 9.62 Å². The normalized spacial score (nSPS) is 11.2. The molecule has 0 fully saturated rings. The Kier molecular flexibility index (Phi) is 6.27. The smallest absolute Gasteiger partial charge is 0.264 e. The van der Waals surface area contributed by atoms with Gasteiger partial charge in [0.05, 0.1) is 10.6 Å². The predicted molar refractivity (Wildman–Crippen MR) is 121 cm³/mol. The summed E-state index contributed by atoms with van der Waals surface area (Å²) in [6.07, 6.45) is 0. The fourth-order valence-corrected chi connectivity index (χ4v) is 4.50. The molecule has 6 heteroatoms. The number of amides is 1. The van der Waals surface area contributed by atoms with E-state index in [0.717, 1.165) is 26.6 Å². The zero-order chi connectivity index (χ0) is 21.9.